The number of hydrogen-bond donors (Lipinski definition) is 3. The Bertz CT molecular complexity index is 936. The molecule has 1 fully saturated rings. The van der Waals surface area contributed by atoms with Gasteiger partial charge in [-0.1, -0.05) is 31.2 Å². The lowest BCUT2D eigenvalue weighted by atomic mass is 9.79. The molecule has 0 atom stereocenters. The van der Waals surface area contributed by atoms with Gasteiger partial charge in [-0.15, -0.1) is 9.89 Å². The molecule has 0 spiro atoms. The molecular weight excluding hydrogens is 368 g/mol. The number of piperidine rings is 1. The van der Waals surface area contributed by atoms with E-state index in [-0.39, 0.29) is 22.8 Å². The fourth-order valence-corrected chi connectivity index (χ4v) is 4.16. The van der Waals surface area contributed by atoms with Crippen molar-refractivity contribution in [1.29, 1.82) is 0 Å². The van der Waals surface area contributed by atoms with E-state index in [9.17, 15) is 9.59 Å². The van der Waals surface area contributed by atoms with Crippen LogP contribution in [0.2, 0.25) is 0 Å². The Morgan fingerprint density at radius 1 is 1.24 bits per heavy atom. The van der Waals surface area contributed by atoms with Crippen LogP contribution in [0.1, 0.15) is 69.1 Å². The van der Waals surface area contributed by atoms with Crippen molar-refractivity contribution in [3.05, 3.63) is 51.4 Å². The SMILES string of the molecule is CCc1ccc(C=Nn2[nH]nc(C(=O)NC3CC(C)(C)NC(C)(C)C3)c2=O)cc1. The minimum atomic E-state index is -0.573. The van der Waals surface area contributed by atoms with E-state index >= 15 is 0 Å². The number of rotatable bonds is 5. The summed E-state index contributed by atoms with van der Waals surface area (Å²) in [5, 5.41) is 17.0. The smallest absolute Gasteiger partial charge is 0.320 e. The van der Waals surface area contributed by atoms with E-state index in [4.69, 9.17) is 0 Å². The Hall–Kier alpha value is -2.74. The Labute approximate surface area is 170 Å². The van der Waals surface area contributed by atoms with Crippen molar-refractivity contribution in [1.82, 2.24) is 25.7 Å². The van der Waals surface area contributed by atoms with E-state index in [0.717, 1.165) is 29.6 Å². The molecule has 3 rings (SSSR count). The van der Waals surface area contributed by atoms with E-state index in [2.05, 4.69) is 60.7 Å². The highest BCUT2D eigenvalue weighted by atomic mass is 16.2. The van der Waals surface area contributed by atoms with E-state index in [0.29, 0.717) is 0 Å². The van der Waals surface area contributed by atoms with E-state index in [1.165, 1.54) is 5.56 Å². The van der Waals surface area contributed by atoms with E-state index in [1.54, 1.807) is 6.21 Å². The fourth-order valence-electron chi connectivity index (χ4n) is 4.16. The van der Waals surface area contributed by atoms with Crippen molar-refractivity contribution < 1.29 is 4.79 Å². The highest BCUT2D eigenvalue weighted by Gasteiger charge is 2.38. The molecule has 0 aliphatic carbocycles. The summed E-state index contributed by atoms with van der Waals surface area (Å²) >= 11 is 0. The number of nitrogens with zero attached hydrogens (tertiary/aromatic N) is 3. The Kier molecular flexibility index (Phi) is 5.75. The monoisotopic (exact) mass is 398 g/mol. The second-order valence-electron chi connectivity index (χ2n) is 8.99. The number of H-pyrrole nitrogens is 1. The number of aryl methyl sites for hydroxylation is 1. The summed E-state index contributed by atoms with van der Waals surface area (Å²) in [6, 6.07) is 7.84. The average molecular weight is 399 g/mol. The Morgan fingerprint density at radius 3 is 2.45 bits per heavy atom. The predicted molar refractivity (Wildman–Crippen MR) is 113 cm³/mol. The molecule has 0 saturated carbocycles. The highest BCUT2D eigenvalue weighted by molar-refractivity contribution is 5.92. The van der Waals surface area contributed by atoms with Crippen LogP contribution in [0, 0.1) is 0 Å². The average Bonchev–Trinajstić information content (AvgIpc) is 2.98. The lowest BCUT2D eigenvalue weighted by Gasteiger charge is -2.46. The number of amides is 1. The lowest BCUT2D eigenvalue weighted by Crippen LogP contribution is -2.62. The number of aromatic nitrogens is 3. The summed E-state index contributed by atoms with van der Waals surface area (Å²) in [6.45, 7) is 10.5. The number of hydrogen-bond acceptors (Lipinski definition) is 5. The normalized spacial score (nSPS) is 18.8. The molecule has 1 aliphatic rings. The van der Waals surface area contributed by atoms with Gasteiger partial charge in [-0.25, -0.2) is 0 Å². The lowest BCUT2D eigenvalue weighted by molar-refractivity contribution is 0.0867. The van der Waals surface area contributed by atoms with E-state index < -0.39 is 11.5 Å². The van der Waals surface area contributed by atoms with Gasteiger partial charge in [-0.3, -0.25) is 9.59 Å². The zero-order valence-corrected chi connectivity index (χ0v) is 17.7. The van der Waals surface area contributed by atoms with Crippen molar-refractivity contribution >= 4 is 12.1 Å². The summed E-state index contributed by atoms with van der Waals surface area (Å²) in [7, 11) is 0. The molecule has 1 aliphatic heterocycles. The van der Waals surface area contributed by atoms with Crippen LogP contribution in [-0.2, 0) is 6.42 Å². The van der Waals surface area contributed by atoms with Crippen molar-refractivity contribution in [2.75, 3.05) is 0 Å². The zero-order valence-electron chi connectivity index (χ0n) is 17.7. The first-order valence-electron chi connectivity index (χ1n) is 9.99. The van der Waals surface area contributed by atoms with Crippen LogP contribution in [0.4, 0.5) is 0 Å². The Morgan fingerprint density at radius 2 is 1.86 bits per heavy atom. The van der Waals surface area contributed by atoms with Crippen molar-refractivity contribution in [2.45, 2.75) is 71.0 Å². The molecule has 1 saturated heterocycles. The third-order valence-electron chi connectivity index (χ3n) is 5.10. The molecule has 8 nitrogen and oxygen atoms in total. The summed E-state index contributed by atoms with van der Waals surface area (Å²) < 4.78 is 0. The Balaban J connectivity index is 1.70. The molecule has 0 bridgehead atoms. The zero-order chi connectivity index (χ0) is 21.2. The van der Waals surface area contributed by atoms with Gasteiger partial charge in [0.15, 0.2) is 0 Å². The van der Waals surface area contributed by atoms with E-state index in [1.807, 2.05) is 24.3 Å². The summed E-state index contributed by atoms with van der Waals surface area (Å²) in [5.74, 6) is -0.481. The van der Waals surface area contributed by atoms with Gasteiger partial charge in [0.2, 0.25) is 5.69 Å². The van der Waals surface area contributed by atoms with Gasteiger partial charge in [0.25, 0.3) is 5.91 Å². The number of carbonyl (C=O) groups excluding carboxylic acids is 1. The van der Waals surface area contributed by atoms with Crippen LogP contribution in [0.15, 0.2) is 34.2 Å². The van der Waals surface area contributed by atoms with Crippen LogP contribution in [0.5, 0.6) is 0 Å². The van der Waals surface area contributed by atoms with Crippen LogP contribution in [0.25, 0.3) is 0 Å². The van der Waals surface area contributed by atoms with Gasteiger partial charge in [0.1, 0.15) is 0 Å². The molecule has 1 amide bonds. The highest BCUT2D eigenvalue weighted by Crippen LogP contribution is 2.28. The number of carbonyl (C=O) groups is 1. The maximum atomic E-state index is 12.6. The first-order valence-corrected chi connectivity index (χ1v) is 9.99. The van der Waals surface area contributed by atoms with Gasteiger partial charge in [0.05, 0.1) is 6.21 Å². The third kappa shape index (κ3) is 5.20. The van der Waals surface area contributed by atoms with Crippen LogP contribution in [-0.4, -0.2) is 44.3 Å². The molecular formula is C21H30N6O2. The summed E-state index contributed by atoms with van der Waals surface area (Å²) in [5.41, 5.74) is 1.11. The molecule has 1 aromatic heterocycles. The van der Waals surface area contributed by atoms with Crippen LogP contribution < -0.4 is 16.2 Å². The maximum Gasteiger partial charge on any atom is 0.320 e. The van der Waals surface area contributed by atoms with Crippen molar-refractivity contribution in [3.8, 4) is 0 Å². The second kappa shape index (κ2) is 7.94. The summed E-state index contributed by atoms with van der Waals surface area (Å²) in [6.07, 6.45) is 4.05. The van der Waals surface area contributed by atoms with Crippen molar-refractivity contribution in [3.63, 3.8) is 0 Å². The molecule has 29 heavy (non-hydrogen) atoms. The first-order chi connectivity index (χ1) is 13.6. The molecule has 8 heteroatoms. The summed E-state index contributed by atoms with van der Waals surface area (Å²) in [4.78, 5) is 26.1. The number of nitrogens with one attached hydrogen (secondary N) is 3. The largest absolute Gasteiger partial charge is 0.348 e. The maximum absolute atomic E-state index is 12.6. The molecule has 156 valence electrons. The van der Waals surface area contributed by atoms with Crippen molar-refractivity contribution in [2.24, 2.45) is 5.10 Å². The van der Waals surface area contributed by atoms with Gasteiger partial charge < -0.3 is 10.6 Å². The quantitative estimate of drug-likeness (QED) is 0.671. The fraction of sp³-hybridized carbons (Fsp3) is 0.524. The van der Waals surface area contributed by atoms with Crippen LogP contribution in [0.3, 0.4) is 0 Å². The van der Waals surface area contributed by atoms with Gasteiger partial charge in [0, 0.05) is 17.1 Å². The predicted octanol–water partition coefficient (Wildman–Crippen LogP) is 2.05. The number of aromatic amines is 1. The molecule has 0 unspecified atom stereocenters. The molecule has 3 N–H and O–H groups in total. The standard InChI is InChI=1S/C21H30N6O2/c1-6-14-7-9-15(10-8-14)13-22-27-19(29)17(24-26-27)18(28)23-16-11-20(2,3)25-21(4,5)12-16/h7-10,13,16,25-26H,6,11-12H2,1-5H3,(H,23,28). The topological polar surface area (TPSA) is 104 Å². The second-order valence-corrected chi connectivity index (χ2v) is 8.99. The third-order valence-corrected chi connectivity index (χ3v) is 5.10. The van der Waals surface area contributed by atoms with Crippen LogP contribution >= 0.6 is 0 Å². The van der Waals surface area contributed by atoms with Gasteiger partial charge in [-0.2, -0.15) is 10.3 Å². The van der Waals surface area contributed by atoms with Gasteiger partial charge >= 0.3 is 5.56 Å². The molecule has 1 aromatic carbocycles. The molecule has 2 heterocycles. The number of benzene rings is 1. The molecule has 2 aromatic rings. The minimum absolute atomic E-state index is 0.0427. The first kappa shape index (κ1) is 21.0. The van der Waals surface area contributed by atoms with Gasteiger partial charge in [-0.05, 0) is 58.1 Å². The molecule has 0 radical (unpaired) electrons. The minimum Gasteiger partial charge on any atom is -0.348 e.